The Labute approximate surface area is 105 Å². The summed E-state index contributed by atoms with van der Waals surface area (Å²) in [5, 5.41) is 3.61. The Hall–Kier alpha value is -1.88. The van der Waals surface area contributed by atoms with Gasteiger partial charge in [-0.25, -0.2) is 9.66 Å². The van der Waals surface area contributed by atoms with E-state index < -0.39 is 0 Å². The monoisotopic (exact) mass is 246 g/mol. The van der Waals surface area contributed by atoms with Crippen LogP contribution < -0.4 is 10.7 Å². The van der Waals surface area contributed by atoms with E-state index in [-0.39, 0.29) is 0 Å². The molecule has 0 saturated heterocycles. The Morgan fingerprint density at radius 1 is 1.47 bits per heavy atom. The summed E-state index contributed by atoms with van der Waals surface area (Å²) in [5.41, 5.74) is 6.01. The number of benzene rings is 1. The minimum atomic E-state index is 0.552. The maximum Gasteiger partial charge on any atom is 0.185 e. The van der Waals surface area contributed by atoms with E-state index in [1.165, 1.54) is 0 Å². The van der Waals surface area contributed by atoms with Crippen molar-refractivity contribution in [3.05, 3.63) is 42.7 Å². The largest absolute Gasteiger partial charge is 0.358 e. The van der Waals surface area contributed by atoms with Crippen molar-refractivity contribution in [3.63, 3.8) is 0 Å². The van der Waals surface area contributed by atoms with Gasteiger partial charge in [0.2, 0.25) is 0 Å². The van der Waals surface area contributed by atoms with Gasteiger partial charge in [-0.1, -0.05) is 24.3 Å². The number of hydrogen-bond donors (Lipinski definition) is 2. The summed E-state index contributed by atoms with van der Waals surface area (Å²) in [5.74, 6) is 0. The third-order valence-corrected chi connectivity index (χ3v) is 2.46. The van der Waals surface area contributed by atoms with E-state index in [9.17, 15) is 0 Å². The molecule has 2 N–H and O–H groups in total. The Bertz CT molecular complexity index is 558. The van der Waals surface area contributed by atoms with Crippen molar-refractivity contribution < 1.29 is 0 Å². The zero-order valence-corrected chi connectivity index (χ0v) is 10.4. The van der Waals surface area contributed by atoms with Gasteiger partial charge in [0.1, 0.15) is 6.33 Å². The van der Waals surface area contributed by atoms with Crippen molar-refractivity contribution >= 4 is 28.4 Å². The molecular formula is C12H14N4S. The van der Waals surface area contributed by atoms with E-state index >= 15 is 0 Å². The van der Waals surface area contributed by atoms with E-state index in [1.807, 2.05) is 31.2 Å². The summed E-state index contributed by atoms with van der Waals surface area (Å²) < 4.78 is 1.79. The van der Waals surface area contributed by atoms with Gasteiger partial charge in [-0.05, 0) is 31.3 Å². The number of imidazole rings is 1. The molecule has 0 bridgehead atoms. The lowest BCUT2D eigenvalue weighted by Crippen LogP contribution is -2.34. The highest BCUT2D eigenvalue weighted by molar-refractivity contribution is 7.80. The zero-order chi connectivity index (χ0) is 12.3. The number of thiocarbonyl (C=S) groups is 1. The van der Waals surface area contributed by atoms with Crippen LogP contribution in [-0.2, 0) is 0 Å². The third kappa shape index (κ3) is 2.82. The van der Waals surface area contributed by atoms with Crippen LogP contribution in [0.15, 0.2) is 42.7 Å². The van der Waals surface area contributed by atoms with Gasteiger partial charge in [-0.15, -0.1) is 0 Å². The van der Waals surface area contributed by atoms with Crippen LogP contribution in [0.2, 0.25) is 0 Å². The molecule has 0 aliphatic carbocycles. The summed E-state index contributed by atoms with van der Waals surface area (Å²) in [6, 6.07) is 7.86. The quantitative estimate of drug-likeness (QED) is 0.642. The highest BCUT2D eigenvalue weighted by atomic mass is 32.1. The van der Waals surface area contributed by atoms with Gasteiger partial charge in [0.15, 0.2) is 5.11 Å². The fraction of sp³-hybridized carbons (Fsp3) is 0.167. The predicted molar refractivity (Wildman–Crippen MR) is 74.5 cm³/mol. The second-order valence-electron chi connectivity index (χ2n) is 3.85. The molecule has 5 heteroatoms. The molecule has 0 saturated carbocycles. The van der Waals surface area contributed by atoms with Crippen LogP contribution in [0.5, 0.6) is 0 Å². The third-order valence-electron chi connectivity index (χ3n) is 2.23. The molecule has 0 fully saturated rings. The fourth-order valence-electron chi connectivity index (χ4n) is 1.43. The summed E-state index contributed by atoms with van der Waals surface area (Å²) in [6.45, 7) is 6.42. The molecule has 2 aromatic rings. The fourth-order valence-corrected chi connectivity index (χ4v) is 1.60. The lowest BCUT2D eigenvalue weighted by molar-refractivity contribution is 0.941. The molecule has 17 heavy (non-hydrogen) atoms. The number of rotatable bonds is 3. The first-order valence-electron chi connectivity index (χ1n) is 5.28. The predicted octanol–water partition coefficient (Wildman–Crippen LogP) is 2.03. The van der Waals surface area contributed by atoms with Crippen molar-refractivity contribution in [1.82, 2.24) is 15.0 Å². The normalized spacial score (nSPS) is 10.2. The molecule has 1 aromatic heterocycles. The highest BCUT2D eigenvalue weighted by Crippen LogP contribution is 2.09. The van der Waals surface area contributed by atoms with Crippen LogP contribution >= 0.6 is 12.2 Å². The second kappa shape index (κ2) is 4.97. The van der Waals surface area contributed by atoms with Crippen LogP contribution in [0.4, 0.5) is 0 Å². The van der Waals surface area contributed by atoms with Crippen LogP contribution in [0.1, 0.15) is 6.92 Å². The van der Waals surface area contributed by atoms with Crippen molar-refractivity contribution in [1.29, 1.82) is 0 Å². The van der Waals surface area contributed by atoms with Crippen LogP contribution in [0, 0.1) is 0 Å². The van der Waals surface area contributed by atoms with Crippen LogP contribution in [0.25, 0.3) is 11.0 Å². The van der Waals surface area contributed by atoms with Gasteiger partial charge in [0.05, 0.1) is 11.0 Å². The number of hydrogen-bond acceptors (Lipinski definition) is 2. The molecule has 0 aliphatic rings. The summed E-state index contributed by atoms with van der Waals surface area (Å²) >= 11 is 5.17. The van der Waals surface area contributed by atoms with Crippen LogP contribution in [-0.4, -0.2) is 21.3 Å². The van der Waals surface area contributed by atoms with Gasteiger partial charge >= 0.3 is 0 Å². The van der Waals surface area contributed by atoms with Gasteiger partial charge in [0.25, 0.3) is 0 Å². The van der Waals surface area contributed by atoms with Crippen molar-refractivity contribution in [2.75, 3.05) is 12.0 Å². The Kier molecular flexibility index (Phi) is 3.39. The molecule has 2 rings (SSSR count). The van der Waals surface area contributed by atoms with E-state index in [0.29, 0.717) is 11.7 Å². The number of nitrogens with zero attached hydrogens (tertiary/aromatic N) is 2. The minimum Gasteiger partial charge on any atom is -0.358 e. The van der Waals surface area contributed by atoms with E-state index in [1.54, 1.807) is 11.0 Å². The summed E-state index contributed by atoms with van der Waals surface area (Å²) in [7, 11) is 0. The summed E-state index contributed by atoms with van der Waals surface area (Å²) in [6.07, 6.45) is 1.71. The van der Waals surface area contributed by atoms with Crippen LogP contribution in [0.3, 0.4) is 0 Å². The highest BCUT2D eigenvalue weighted by Gasteiger charge is 2.02. The molecule has 1 heterocycles. The number of para-hydroxylation sites is 2. The molecule has 0 amide bonds. The molecule has 0 radical (unpaired) electrons. The average Bonchev–Trinajstić information content (AvgIpc) is 2.70. The molecule has 4 nitrogen and oxygen atoms in total. The number of aromatic nitrogens is 2. The molecular weight excluding hydrogens is 232 g/mol. The van der Waals surface area contributed by atoms with Crippen molar-refractivity contribution in [2.45, 2.75) is 6.92 Å². The molecule has 0 aliphatic heterocycles. The van der Waals surface area contributed by atoms with Crippen molar-refractivity contribution in [2.24, 2.45) is 0 Å². The zero-order valence-electron chi connectivity index (χ0n) is 9.60. The van der Waals surface area contributed by atoms with Gasteiger partial charge < -0.3 is 5.32 Å². The standard InChI is InChI=1S/C12H14N4S/c1-9(2)7-13-12(17)15-16-8-14-10-5-3-4-6-11(10)16/h3-6,8H,1,7H2,2H3,(H2,13,15,17). The average molecular weight is 246 g/mol. The number of fused-ring (bicyclic) bond motifs is 1. The maximum absolute atomic E-state index is 5.17. The Balaban J connectivity index is 2.08. The number of nitrogens with one attached hydrogen (secondary N) is 2. The lowest BCUT2D eigenvalue weighted by Gasteiger charge is -2.11. The SMILES string of the molecule is C=C(C)CNC(=S)Nn1cnc2ccccc21. The van der Waals surface area contributed by atoms with E-state index in [0.717, 1.165) is 16.6 Å². The molecule has 0 atom stereocenters. The molecule has 1 aromatic carbocycles. The second-order valence-corrected chi connectivity index (χ2v) is 4.26. The van der Waals surface area contributed by atoms with Gasteiger partial charge in [-0.2, -0.15) is 0 Å². The van der Waals surface area contributed by atoms with Crippen molar-refractivity contribution in [3.8, 4) is 0 Å². The first kappa shape index (κ1) is 11.6. The topological polar surface area (TPSA) is 41.9 Å². The Morgan fingerprint density at radius 2 is 2.24 bits per heavy atom. The van der Waals surface area contributed by atoms with Gasteiger partial charge in [0, 0.05) is 6.54 Å². The van der Waals surface area contributed by atoms with E-state index in [4.69, 9.17) is 12.2 Å². The molecule has 0 unspecified atom stereocenters. The molecule has 88 valence electrons. The minimum absolute atomic E-state index is 0.552. The lowest BCUT2D eigenvalue weighted by atomic mass is 10.3. The first-order chi connectivity index (χ1) is 8.16. The Morgan fingerprint density at radius 3 is 3.00 bits per heavy atom. The molecule has 0 spiro atoms. The first-order valence-corrected chi connectivity index (χ1v) is 5.69. The smallest absolute Gasteiger partial charge is 0.185 e. The van der Waals surface area contributed by atoms with Gasteiger partial charge in [-0.3, -0.25) is 5.43 Å². The maximum atomic E-state index is 5.17. The summed E-state index contributed by atoms with van der Waals surface area (Å²) in [4.78, 5) is 4.26. The van der Waals surface area contributed by atoms with E-state index in [2.05, 4.69) is 22.3 Å².